The molecule has 0 N–H and O–H groups in total. The zero-order valence-corrected chi connectivity index (χ0v) is 14.0. The largest absolute Gasteiger partial charge is 0.422 e. The average molecular weight is 334 g/mol. The Labute approximate surface area is 131 Å². The molecule has 1 rings (SSSR count). The summed E-state index contributed by atoms with van der Waals surface area (Å²) in [5, 5.41) is -0.861. The smallest absolute Gasteiger partial charge is 0.324 e. The molecule has 0 amide bonds. The Morgan fingerprint density at radius 3 is 2.10 bits per heavy atom. The van der Waals surface area contributed by atoms with E-state index in [1.165, 1.54) is 27.7 Å². The van der Waals surface area contributed by atoms with Crippen molar-refractivity contribution in [3.05, 3.63) is 0 Å². The summed E-state index contributed by atoms with van der Waals surface area (Å²) in [6, 6.07) is 0. The molecule has 1 aliphatic heterocycles. The maximum absolute atomic E-state index is 12.0. The van der Waals surface area contributed by atoms with Crippen LogP contribution in [0.15, 0.2) is 0 Å². The monoisotopic (exact) mass is 334 g/mol. The van der Waals surface area contributed by atoms with Gasteiger partial charge in [0, 0.05) is 38.7 Å². The number of ether oxygens (including phenoxy) is 2. The number of thioether (sulfide) groups is 2. The fourth-order valence-electron chi connectivity index (χ4n) is 1.86. The van der Waals surface area contributed by atoms with E-state index in [1.54, 1.807) is 0 Å². The van der Waals surface area contributed by atoms with E-state index >= 15 is 0 Å². The molecule has 0 aromatic carbocycles. The van der Waals surface area contributed by atoms with Gasteiger partial charge in [0.15, 0.2) is 16.1 Å². The highest BCUT2D eigenvalue weighted by molar-refractivity contribution is 8.14. The highest BCUT2D eigenvalue weighted by Crippen LogP contribution is 2.33. The number of cyclic esters (lactones) is 2. The lowest BCUT2D eigenvalue weighted by atomic mass is 10.0. The van der Waals surface area contributed by atoms with Crippen molar-refractivity contribution >= 4 is 45.7 Å². The summed E-state index contributed by atoms with van der Waals surface area (Å²) >= 11 is 1.99. The van der Waals surface area contributed by atoms with Crippen molar-refractivity contribution < 1.29 is 28.7 Å². The van der Waals surface area contributed by atoms with Crippen LogP contribution >= 0.6 is 23.5 Å². The van der Waals surface area contributed by atoms with E-state index in [-0.39, 0.29) is 10.2 Å². The Balaban J connectivity index is 2.81. The molecule has 0 aromatic rings. The first-order valence-corrected chi connectivity index (χ1v) is 8.25. The number of rotatable bonds is 5. The fraction of sp³-hybridized carbons (Fsp3) is 0.692. The van der Waals surface area contributed by atoms with Gasteiger partial charge in [0.1, 0.15) is 0 Å². The predicted molar refractivity (Wildman–Crippen MR) is 79.6 cm³/mol. The van der Waals surface area contributed by atoms with Gasteiger partial charge in [-0.05, 0) is 6.42 Å². The first kappa shape index (κ1) is 18.0. The molecule has 0 aromatic heterocycles. The van der Waals surface area contributed by atoms with E-state index in [0.717, 1.165) is 23.5 Å². The molecule has 0 radical (unpaired) electrons. The van der Waals surface area contributed by atoms with Gasteiger partial charge in [0.2, 0.25) is 0 Å². The van der Waals surface area contributed by atoms with Gasteiger partial charge < -0.3 is 9.47 Å². The predicted octanol–water partition coefficient (Wildman–Crippen LogP) is 1.76. The molecule has 1 unspecified atom stereocenters. The summed E-state index contributed by atoms with van der Waals surface area (Å²) in [5.41, 5.74) is 0. The van der Waals surface area contributed by atoms with Crippen LogP contribution in [0, 0.1) is 5.92 Å². The van der Waals surface area contributed by atoms with E-state index in [1.807, 2.05) is 0 Å². The molecule has 0 saturated carbocycles. The lowest BCUT2D eigenvalue weighted by Gasteiger charge is -2.35. The number of carbonyl (C=O) groups excluding carboxylic acids is 4. The second-order valence-corrected chi connectivity index (χ2v) is 7.68. The molecule has 118 valence electrons. The maximum Gasteiger partial charge on any atom is 0.324 e. The highest BCUT2D eigenvalue weighted by atomic mass is 32.2. The summed E-state index contributed by atoms with van der Waals surface area (Å²) < 4.78 is 10.1. The molecule has 0 spiro atoms. The molecule has 0 bridgehead atoms. The molecular weight excluding hydrogens is 316 g/mol. The van der Waals surface area contributed by atoms with Gasteiger partial charge in [-0.25, -0.2) is 0 Å². The summed E-state index contributed by atoms with van der Waals surface area (Å²) in [4.78, 5) is 46.3. The first-order valence-electron chi connectivity index (χ1n) is 6.38. The van der Waals surface area contributed by atoms with E-state index in [2.05, 4.69) is 0 Å². The number of hydrogen-bond acceptors (Lipinski definition) is 8. The van der Waals surface area contributed by atoms with Gasteiger partial charge in [-0.3, -0.25) is 19.2 Å². The summed E-state index contributed by atoms with van der Waals surface area (Å²) in [6.07, 6.45) is 0.351. The topological polar surface area (TPSA) is 86.7 Å². The van der Waals surface area contributed by atoms with Crippen molar-refractivity contribution in [3.63, 3.8) is 0 Å². The van der Waals surface area contributed by atoms with Crippen molar-refractivity contribution in [1.82, 2.24) is 0 Å². The SMILES string of the molecule is CC(=O)SCCC(SC(C)=O)C1C(=O)OC(C)(C)OC1=O. The van der Waals surface area contributed by atoms with Gasteiger partial charge in [-0.15, -0.1) is 0 Å². The maximum atomic E-state index is 12.0. The van der Waals surface area contributed by atoms with Crippen molar-refractivity contribution in [2.45, 2.75) is 45.2 Å². The van der Waals surface area contributed by atoms with Crippen LogP contribution in [0.25, 0.3) is 0 Å². The Bertz CT molecular complexity index is 440. The minimum atomic E-state index is -1.29. The van der Waals surface area contributed by atoms with E-state index in [0.29, 0.717) is 12.2 Å². The van der Waals surface area contributed by atoms with Crippen molar-refractivity contribution in [2.75, 3.05) is 5.75 Å². The van der Waals surface area contributed by atoms with Crippen molar-refractivity contribution in [2.24, 2.45) is 5.92 Å². The fourth-order valence-corrected chi connectivity index (χ4v) is 3.69. The Kier molecular flexibility index (Phi) is 6.27. The molecule has 6 nitrogen and oxygen atoms in total. The minimum Gasteiger partial charge on any atom is -0.422 e. The summed E-state index contributed by atoms with van der Waals surface area (Å²) in [5.74, 6) is -3.39. The minimum absolute atomic E-state index is 0.0588. The standard InChI is InChI=1S/C13H18O6S2/c1-7(14)20-6-5-9(21-8(2)15)10-11(16)18-13(3,4)19-12(10)17/h9-10H,5-6H2,1-4H3. The van der Waals surface area contributed by atoms with Crippen LogP contribution in [0.1, 0.15) is 34.1 Å². The van der Waals surface area contributed by atoms with E-state index in [4.69, 9.17) is 9.47 Å². The van der Waals surface area contributed by atoms with Crippen LogP contribution in [0.4, 0.5) is 0 Å². The molecule has 1 saturated heterocycles. The zero-order valence-electron chi connectivity index (χ0n) is 12.3. The highest BCUT2D eigenvalue weighted by Gasteiger charge is 2.47. The summed E-state index contributed by atoms with van der Waals surface area (Å²) in [6.45, 7) is 5.73. The van der Waals surface area contributed by atoms with Crippen LogP contribution in [0.3, 0.4) is 0 Å². The number of carbonyl (C=O) groups is 4. The number of esters is 2. The van der Waals surface area contributed by atoms with Gasteiger partial charge in [0.25, 0.3) is 5.79 Å². The van der Waals surface area contributed by atoms with Crippen LogP contribution in [-0.4, -0.2) is 39.0 Å². The van der Waals surface area contributed by atoms with Crippen LogP contribution in [0.2, 0.25) is 0 Å². The normalized spacial score (nSPS) is 19.6. The third-order valence-electron chi connectivity index (χ3n) is 2.60. The van der Waals surface area contributed by atoms with E-state index < -0.39 is 28.9 Å². The van der Waals surface area contributed by atoms with Gasteiger partial charge in [0.05, 0.1) is 0 Å². The Morgan fingerprint density at radius 2 is 1.67 bits per heavy atom. The van der Waals surface area contributed by atoms with Crippen LogP contribution in [0.5, 0.6) is 0 Å². The van der Waals surface area contributed by atoms with Crippen LogP contribution in [-0.2, 0) is 28.7 Å². The molecule has 1 fully saturated rings. The molecule has 21 heavy (non-hydrogen) atoms. The van der Waals surface area contributed by atoms with Crippen molar-refractivity contribution in [3.8, 4) is 0 Å². The summed E-state index contributed by atoms with van der Waals surface area (Å²) in [7, 11) is 0. The molecule has 1 aliphatic rings. The van der Waals surface area contributed by atoms with Crippen LogP contribution < -0.4 is 0 Å². The van der Waals surface area contributed by atoms with Gasteiger partial charge in [-0.1, -0.05) is 23.5 Å². The molecule has 1 heterocycles. The van der Waals surface area contributed by atoms with Gasteiger partial charge >= 0.3 is 11.9 Å². The second-order valence-electron chi connectivity index (χ2n) is 5.00. The third-order valence-corrected chi connectivity index (χ3v) is 4.59. The molecular formula is C13H18O6S2. The first-order chi connectivity index (χ1) is 9.62. The second kappa shape index (κ2) is 7.31. The number of hydrogen-bond donors (Lipinski definition) is 0. The van der Waals surface area contributed by atoms with Gasteiger partial charge in [-0.2, -0.15) is 0 Å². The Morgan fingerprint density at radius 1 is 1.14 bits per heavy atom. The Hall–Kier alpha value is -1.02. The quantitative estimate of drug-likeness (QED) is 0.555. The lowest BCUT2D eigenvalue weighted by molar-refractivity contribution is -0.239. The third kappa shape index (κ3) is 5.70. The zero-order chi connectivity index (χ0) is 16.2. The molecule has 0 aliphatic carbocycles. The van der Waals surface area contributed by atoms with Crippen molar-refractivity contribution in [1.29, 1.82) is 0 Å². The molecule has 1 atom stereocenters. The molecule has 8 heteroatoms. The lowest BCUT2D eigenvalue weighted by Crippen LogP contribution is -2.49. The average Bonchev–Trinajstić information content (AvgIpc) is 2.24. The van der Waals surface area contributed by atoms with E-state index in [9.17, 15) is 19.2 Å².